The quantitative estimate of drug-likeness (QED) is 0.561. The average Bonchev–Trinajstić information content (AvgIpc) is 2.26. The molecule has 3 nitrogen and oxygen atoms in total. The van der Waals surface area contributed by atoms with E-state index in [2.05, 4.69) is 27.7 Å². The van der Waals surface area contributed by atoms with Gasteiger partial charge in [-0.05, 0) is 40.0 Å². The minimum absolute atomic E-state index is 0.0228. The normalized spacial score (nSPS) is 36.2. The van der Waals surface area contributed by atoms with Gasteiger partial charge in [0.1, 0.15) is 6.10 Å². The molecule has 0 amide bonds. The van der Waals surface area contributed by atoms with Crippen LogP contribution in [0, 0.1) is 5.92 Å². The predicted molar refractivity (Wildman–Crippen MR) is 74.9 cm³/mol. The van der Waals surface area contributed by atoms with E-state index in [9.17, 15) is 4.79 Å². The van der Waals surface area contributed by atoms with Gasteiger partial charge in [0.05, 0.1) is 11.2 Å². The third kappa shape index (κ3) is 3.31. The van der Waals surface area contributed by atoms with Crippen molar-refractivity contribution in [2.24, 2.45) is 5.92 Å². The SMILES string of the molecule is CCCCCC(=O)O[C@H]1C[C@]2(C)CC[C@H]1C(C)(C)O2. The van der Waals surface area contributed by atoms with Crippen molar-refractivity contribution >= 4 is 5.97 Å². The molecule has 0 radical (unpaired) electrons. The van der Waals surface area contributed by atoms with Crippen LogP contribution in [-0.4, -0.2) is 23.3 Å². The number of hydrogen-bond donors (Lipinski definition) is 0. The van der Waals surface area contributed by atoms with Crippen LogP contribution in [0.4, 0.5) is 0 Å². The topological polar surface area (TPSA) is 35.5 Å². The van der Waals surface area contributed by atoms with Gasteiger partial charge >= 0.3 is 5.97 Å². The molecule has 3 heteroatoms. The zero-order valence-corrected chi connectivity index (χ0v) is 12.8. The molecule has 0 spiro atoms. The first kappa shape index (κ1) is 14.8. The summed E-state index contributed by atoms with van der Waals surface area (Å²) >= 11 is 0. The van der Waals surface area contributed by atoms with Crippen molar-refractivity contribution in [3.05, 3.63) is 0 Å². The van der Waals surface area contributed by atoms with Crippen LogP contribution in [0.15, 0.2) is 0 Å². The molecule has 1 aliphatic carbocycles. The summed E-state index contributed by atoms with van der Waals surface area (Å²) in [4.78, 5) is 11.9. The molecule has 3 fully saturated rings. The molecule has 0 aromatic rings. The van der Waals surface area contributed by atoms with Gasteiger partial charge in [0.25, 0.3) is 0 Å². The second kappa shape index (κ2) is 5.43. The number of hydrogen-bond acceptors (Lipinski definition) is 3. The number of carbonyl (C=O) groups is 1. The lowest BCUT2D eigenvalue weighted by Crippen LogP contribution is -2.60. The van der Waals surface area contributed by atoms with Gasteiger partial charge in [-0.2, -0.15) is 0 Å². The van der Waals surface area contributed by atoms with Gasteiger partial charge in [-0.1, -0.05) is 19.8 Å². The lowest BCUT2D eigenvalue weighted by molar-refractivity contribution is -0.267. The first-order valence-corrected chi connectivity index (χ1v) is 7.76. The molecule has 3 aliphatic rings. The highest BCUT2D eigenvalue weighted by Crippen LogP contribution is 2.50. The van der Waals surface area contributed by atoms with E-state index in [0.29, 0.717) is 12.3 Å². The highest BCUT2D eigenvalue weighted by molar-refractivity contribution is 5.69. The molecule has 2 bridgehead atoms. The van der Waals surface area contributed by atoms with Gasteiger partial charge < -0.3 is 9.47 Å². The third-order valence-corrected chi connectivity index (χ3v) is 4.74. The summed E-state index contributed by atoms with van der Waals surface area (Å²) < 4.78 is 11.9. The summed E-state index contributed by atoms with van der Waals surface area (Å²) in [5, 5.41) is 0. The molecule has 0 N–H and O–H groups in total. The molecule has 0 unspecified atom stereocenters. The highest BCUT2D eigenvalue weighted by Gasteiger charge is 2.54. The maximum absolute atomic E-state index is 11.9. The number of ether oxygens (including phenoxy) is 2. The lowest BCUT2D eigenvalue weighted by atomic mass is 9.67. The van der Waals surface area contributed by atoms with Gasteiger partial charge in [0.15, 0.2) is 0 Å². The Morgan fingerprint density at radius 3 is 2.63 bits per heavy atom. The second-order valence-electron chi connectivity index (χ2n) is 6.99. The van der Waals surface area contributed by atoms with Crippen LogP contribution < -0.4 is 0 Å². The molecule has 0 aromatic heterocycles. The number of esters is 1. The highest BCUT2D eigenvalue weighted by atomic mass is 16.6. The summed E-state index contributed by atoms with van der Waals surface area (Å²) in [5.41, 5.74) is -0.272. The molecule has 2 saturated heterocycles. The maximum Gasteiger partial charge on any atom is 0.306 e. The Hall–Kier alpha value is -0.570. The number of carbonyl (C=O) groups excluding carboxylic acids is 1. The van der Waals surface area contributed by atoms with Crippen LogP contribution >= 0.6 is 0 Å². The molecule has 3 atom stereocenters. The molecule has 110 valence electrons. The maximum atomic E-state index is 11.9. The lowest BCUT2D eigenvalue weighted by Gasteiger charge is -2.56. The van der Waals surface area contributed by atoms with E-state index in [-0.39, 0.29) is 23.3 Å². The molecule has 1 saturated carbocycles. The van der Waals surface area contributed by atoms with Crippen molar-refractivity contribution in [2.75, 3.05) is 0 Å². The van der Waals surface area contributed by atoms with Crippen LogP contribution in [-0.2, 0) is 14.3 Å². The molecule has 2 heterocycles. The minimum atomic E-state index is -0.167. The fourth-order valence-electron chi connectivity index (χ4n) is 3.79. The van der Waals surface area contributed by atoms with E-state index in [1.807, 2.05) is 0 Å². The minimum Gasteiger partial charge on any atom is -0.462 e. The van der Waals surface area contributed by atoms with E-state index in [1.54, 1.807) is 0 Å². The van der Waals surface area contributed by atoms with Gasteiger partial charge in [-0.15, -0.1) is 0 Å². The van der Waals surface area contributed by atoms with Crippen LogP contribution in [0.3, 0.4) is 0 Å². The fourth-order valence-corrected chi connectivity index (χ4v) is 3.79. The molecular formula is C16H28O3. The molecule has 19 heavy (non-hydrogen) atoms. The van der Waals surface area contributed by atoms with E-state index < -0.39 is 0 Å². The van der Waals surface area contributed by atoms with Crippen molar-refractivity contribution in [1.29, 1.82) is 0 Å². The summed E-state index contributed by atoms with van der Waals surface area (Å²) in [7, 11) is 0. The largest absolute Gasteiger partial charge is 0.462 e. The summed E-state index contributed by atoms with van der Waals surface area (Å²) in [5.74, 6) is 0.329. The van der Waals surface area contributed by atoms with Crippen LogP contribution in [0.1, 0.15) is 72.6 Å². The Balaban J connectivity index is 1.92. The van der Waals surface area contributed by atoms with Gasteiger partial charge in [-0.25, -0.2) is 0 Å². The summed E-state index contributed by atoms with van der Waals surface area (Å²) in [6, 6.07) is 0. The predicted octanol–water partition coefficient (Wildman–Crippen LogP) is 3.85. The summed E-state index contributed by atoms with van der Waals surface area (Å²) in [6.45, 7) is 8.56. The zero-order chi connectivity index (χ0) is 14.1. The Labute approximate surface area is 117 Å². The Kier molecular flexibility index (Phi) is 4.24. The zero-order valence-electron chi connectivity index (χ0n) is 12.8. The molecular weight excluding hydrogens is 240 g/mol. The first-order chi connectivity index (χ1) is 8.86. The monoisotopic (exact) mass is 268 g/mol. The van der Waals surface area contributed by atoms with Crippen LogP contribution in [0.5, 0.6) is 0 Å². The van der Waals surface area contributed by atoms with E-state index in [1.165, 1.54) is 0 Å². The number of fused-ring (bicyclic) bond motifs is 3. The van der Waals surface area contributed by atoms with Crippen LogP contribution in [0.2, 0.25) is 0 Å². The molecule has 2 aliphatic heterocycles. The van der Waals surface area contributed by atoms with Crippen LogP contribution in [0.25, 0.3) is 0 Å². The Bertz CT molecular complexity index is 334. The van der Waals surface area contributed by atoms with Crippen molar-refractivity contribution in [3.63, 3.8) is 0 Å². The Morgan fingerprint density at radius 1 is 1.32 bits per heavy atom. The number of rotatable bonds is 5. The third-order valence-electron chi connectivity index (χ3n) is 4.74. The number of unbranched alkanes of at least 4 members (excludes halogenated alkanes) is 2. The molecule has 0 aromatic carbocycles. The standard InChI is InChI=1S/C16H28O3/c1-5-6-7-8-14(17)18-13-11-16(4)10-9-12(13)15(2,3)19-16/h12-13H,5-11H2,1-4H3/t12-,13+,16+/m1/s1. The fraction of sp³-hybridized carbons (Fsp3) is 0.938. The second-order valence-corrected chi connectivity index (χ2v) is 6.99. The van der Waals surface area contributed by atoms with E-state index in [0.717, 1.165) is 38.5 Å². The Morgan fingerprint density at radius 2 is 2.05 bits per heavy atom. The van der Waals surface area contributed by atoms with E-state index in [4.69, 9.17) is 9.47 Å². The van der Waals surface area contributed by atoms with E-state index >= 15 is 0 Å². The first-order valence-electron chi connectivity index (χ1n) is 7.76. The van der Waals surface area contributed by atoms with Gasteiger partial charge in [0, 0.05) is 18.8 Å². The molecule has 3 rings (SSSR count). The van der Waals surface area contributed by atoms with Gasteiger partial charge in [0.2, 0.25) is 0 Å². The summed E-state index contributed by atoms with van der Waals surface area (Å²) in [6.07, 6.45) is 6.87. The van der Waals surface area contributed by atoms with Crippen molar-refractivity contribution in [2.45, 2.75) is 89.9 Å². The average molecular weight is 268 g/mol. The van der Waals surface area contributed by atoms with Crippen molar-refractivity contribution in [3.8, 4) is 0 Å². The van der Waals surface area contributed by atoms with Crippen molar-refractivity contribution < 1.29 is 14.3 Å². The smallest absolute Gasteiger partial charge is 0.306 e. The van der Waals surface area contributed by atoms with Crippen molar-refractivity contribution in [1.82, 2.24) is 0 Å². The van der Waals surface area contributed by atoms with Gasteiger partial charge in [-0.3, -0.25) is 4.79 Å².